The number of allylic oxidation sites excluding steroid dienone is 1. The number of nitriles is 1. The fourth-order valence-electron chi connectivity index (χ4n) is 2.79. The molecule has 0 bridgehead atoms. The van der Waals surface area contributed by atoms with Crippen LogP contribution in [0.4, 0.5) is 0 Å². The third-order valence-electron chi connectivity index (χ3n) is 4.00. The number of ether oxygens (including phenoxy) is 2. The largest absolute Gasteiger partial charge is 0.490 e. The Morgan fingerprint density at radius 3 is 2.86 bits per heavy atom. The van der Waals surface area contributed by atoms with Crippen molar-refractivity contribution < 1.29 is 9.47 Å². The average molecular weight is 438 g/mol. The lowest BCUT2D eigenvalue weighted by Gasteiger charge is -2.13. The number of imidazole rings is 1. The number of nitrogens with zero attached hydrogens (tertiary/aromatic N) is 2. The number of fused-ring (bicyclic) bond motifs is 1. The minimum absolute atomic E-state index is 0.371. The fourth-order valence-corrected chi connectivity index (χ4v) is 3.36. The molecule has 0 amide bonds. The molecule has 5 nitrogen and oxygen atoms in total. The van der Waals surface area contributed by atoms with E-state index in [1.54, 1.807) is 12.2 Å². The molecule has 1 N–H and O–H groups in total. The summed E-state index contributed by atoms with van der Waals surface area (Å²) in [5.41, 5.74) is 4.09. The summed E-state index contributed by atoms with van der Waals surface area (Å²) in [6.07, 6.45) is 3.45. The molecule has 0 unspecified atom stereocenters. The third-order valence-corrected chi connectivity index (χ3v) is 4.59. The van der Waals surface area contributed by atoms with Gasteiger partial charge in [-0.25, -0.2) is 4.98 Å². The zero-order valence-electron chi connectivity index (χ0n) is 15.8. The standard InChI is InChI=1S/C22H20BrN3O2/c1-4-8-28-21-17(23)11-15(12-20(21)27-5-2)10-16(13-24)22-25-18-7-6-14(3)9-19(18)26-22/h4,6-7,9-12H,1,5,8H2,2-3H3,(H,25,26)/b16-10-. The summed E-state index contributed by atoms with van der Waals surface area (Å²) in [5, 5.41) is 9.68. The lowest BCUT2D eigenvalue weighted by Crippen LogP contribution is -2.00. The molecule has 0 aliphatic rings. The third kappa shape index (κ3) is 4.26. The molecule has 0 aliphatic carbocycles. The molecule has 0 saturated carbocycles. The number of rotatable bonds is 7. The van der Waals surface area contributed by atoms with Crippen molar-refractivity contribution in [1.29, 1.82) is 5.26 Å². The van der Waals surface area contributed by atoms with E-state index in [4.69, 9.17) is 9.47 Å². The maximum Gasteiger partial charge on any atom is 0.175 e. The van der Waals surface area contributed by atoms with Crippen LogP contribution in [0.15, 0.2) is 47.5 Å². The number of benzene rings is 2. The molecule has 0 atom stereocenters. The van der Waals surface area contributed by atoms with Crippen molar-refractivity contribution in [3.8, 4) is 17.6 Å². The summed E-state index contributed by atoms with van der Waals surface area (Å²) in [5.74, 6) is 1.74. The van der Waals surface area contributed by atoms with Gasteiger partial charge in [0.25, 0.3) is 0 Å². The highest BCUT2D eigenvalue weighted by atomic mass is 79.9. The molecule has 6 heteroatoms. The molecule has 142 valence electrons. The highest BCUT2D eigenvalue weighted by Crippen LogP contribution is 2.38. The van der Waals surface area contributed by atoms with Crippen LogP contribution in [-0.2, 0) is 0 Å². The van der Waals surface area contributed by atoms with E-state index in [0.29, 0.717) is 36.1 Å². The number of nitrogens with one attached hydrogen (secondary N) is 1. The summed E-state index contributed by atoms with van der Waals surface area (Å²) in [6, 6.07) is 11.9. The zero-order chi connectivity index (χ0) is 20.1. The van der Waals surface area contributed by atoms with Crippen LogP contribution in [0, 0.1) is 18.3 Å². The molecule has 0 aliphatic heterocycles. The Labute approximate surface area is 172 Å². The number of hydrogen-bond acceptors (Lipinski definition) is 4. The Kier molecular flexibility index (Phi) is 6.17. The first-order valence-corrected chi connectivity index (χ1v) is 9.63. The molecule has 3 aromatic rings. The van der Waals surface area contributed by atoms with Crippen molar-refractivity contribution in [3.05, 3.63) is 64.4 Å². The predicted molar refractivity (Wildman–Crippen MR) is 115 cm³/mol. The molecule has 28 heavy (non-hydrogen) atoms. The number of aromatic nitrogens is 2. The van der Waals surface area contributed by atoms with Crippen LogP contribution in [0.5, 0.6) is 11.5 Å². The van der Waals surface area contributed by atoms with Gasteiger partial charge in [-0.05, 0) is 71.2 Å². The second-order valence-corrected chi connectivity index (χ2v) is 6.99. The smallest absolute Gasteiger partial charge is 0.175 e. The van der Waals surface area contributed by atoms with Crippen LogP contribution in [0.3, 0.4) is 0 Å². The number of H-pyrrole nitrogens is 1. The van der Waals surface area contributed by atoms with Crippen LogP contribution in [0.1, 0.15) is 23.9 Å². The Morgan fingerprint density at radius 1 is 1.32 bits per heavy atom. The van der Waals surface area contributed by atoms with E-state index in [1.807, 2.05) is 44.2 Å². The van der Waals surface area contributed by atoms with Gasteiger partial charge < -0.3 is 14.5 Å². The Balaban J connectivity index is 2.03. The lowest BCUT2D eigenvalue weighted by molar-refractivity contribution is 0.295. The molecule has 0 saturated heterocycles. The van der Waals surface area contributed by atoms with Gasteiger partial charge in [-0.3, -0.25) is 0 Å². The molecule has 0 radical (unpaired) electrons. The second kappa shape index (κ2) is 8.77. The second-order valence-electron chi connectivity index (χ2n) is 6.14. The van der Waals surface area contributed by atoms with Crippen molar-refractivity contribution in [1.82, 2.24) is 9.97 Å². The SMILES string of the molecule is C=CCOc1c(Br)cc(/C=C(/C#N)c2nc3ccc(C)cc3[nH]2)cc1OCC. The van der Waals surface area contributed by atoms with Gasteiger partial charge >= 0.3 is 0 Å². The molecule has 2 aromatic carbocycles. The Bertz CT molecular complexity index is 1090. The van der Waals surface area contributed by atoms with Gasteiger partial charge in [0.1, 0.15) is 18.5 Å². The van der Waals surface area contributed by atoms with Crippen LogP contribution < -0.4 is 9.47 Å². The van der Waals surface area contributed by atoms with Gasteiger partial charge in [0.15, 0.2) is 11.5 Å². The summed E-state index contributed by atoms with van der Waals surface area (Å²) >= 11 is 3.53. The van der Waals surface area contributed by atoms with Gasteiger partial charge in [-0.1, -0.05) is 18.7 Å². The normalized spacial score (nSPS) is 11.3. The zero-order valence-corrected chi connectivity index (χ0v) is 17.3. The van der Waals surface area contributed by atoms with E-state index >= 15 is 0 Å². The van der Waals surface area contributed by atoms with Crippen molar-refractivity contribution >= 4 is 38.6 Å². The lowest BCUT2D eigenvalue weighted by atomic mass is 10.1. The van der Waals surface area contributed by atoms with Crippen molar-refractivity contribution in [3.63, 3.8) is 0 Å². The molecule has 1 aromatic heterocycles. The van der Waals surface area contributed by atoms with Crippen LogP contribution >= 0.6 is 15.9 Å². The highest BCUT2D eigenvalue weighted by molar-refractivity contribution is 9.10. The quantitative estimate of drug-likeness (QED) is 0.382. The summed E-state index contributed by atoms with van der Waals surface area (Å²) < 4.78 is 12.2. The minimum atomic E-state index is 0.371. The van der Waals surface area contributed by atoms with E-state index in [0.717, 1.165) is 26.6 Å². The molecule has 3 rings (SSSR count). The Morgan fingerprint density at radius 2 is 2.14 bits per heavy atom. The monoisotopic (exact) mass is 437 g/mol. The first-order chi connectivity index (χ1) is 13.5. The number of hydrogen-bond donors (Lipinski definition) is 1. The van der Waals surface area contributed by atoms with Crippen LogP contribution in [0.25, 0.3) is 22.7 Å². The van der Waals surface area contributed by atoms with E-state index in [1.165, 1.54) is 0 Å². The highest BCUT2D eigenvalue weighted by Gasteiger charge is 2.13. The number of aryl methyl sites for hydroxylation is 1. The maximum atomic E-state index is 9.68. The first kappa shape index (κ1) is 19.7. The summed E-state index contributed by atoms with van der Waals surface area (Å²) in [7, 11) is 0. The van der Waals surface area contributed by atoms with Gasteiger partial charge in [0.05, 0.1) is 27.7 Å². The Hall–Kier alpha value is -3.04. The summed E-state index contributed by atoms with van der Waals surface area (Å²) in [4.78, 5) is 7.76. The van der Waals surface area contributed by atoms with Crippen LogP contribution in [0.2, 0.25) is 0 Å². The number of aromatic amines is 1. The number of halogens is 1. The maximum absolute atomic E-state index is 9.68. The van der Waals surface area contributed by atoms with Gasteiger partial charge in [-0.15, -0.1) is 0 Å². The summed E-state index contributed by atoms with van der Waals surface area (Å²) in [6.45, 7) is 8.46. The predicted octanol–water partition coefficient (Wildman–Crippen LogP) is 5.66. The molecule has 0 fully saturated rings. The molecule has 0 spiro atoms. The average Bonchev–Trinajstić information content (AvgIpc) is 3.08. The van der Waals surface area contributed by atoms with Gasteiger partial charge in [0.2, 0.25) is 0 Å². The van der Waals surface area contributed by atoms with E-state index < -0.39 is 0 Å². The van der Waals surface area contributed by atoms with Crippen LogP contribution in [-0.4, -0.2) is 23.2 Å². The van der Waals surface area contributed by atoms with Gasteiger partial charge in [-0.2, -0.15) is 5.26 Å². The first-order valence-electron chi connectivity index (χ1n) is 8.84. The topological polar surface area (TPSA) is 70.9 Å². The molecule has 1 heterocycles. The van der Waals surface area contributed by atoms with Gasteiger partial charge in [0, 0.05) is 0 Å². The molecular weight excluding hydrogens is 418 g/mol. The van der Waals surface area contributed by atoms with E-state index in [2.05, 4.69) is 38.5 Å². The fraction of sp³-hybridized carbons (Fsp3) is 0.182. The van der Waals surface area contributed by atoms with Crippen molar-refractivity contribution in [2.45, 2.75) is 13.8 Å². The van der Waals surface area contributed by atoms with E-state index in [-0.39, 0.29) is 0 Å². The molecular formula is C22H20BrN3O2. The van der Waals surface area contributed by atoms with Crippen molar-refractivity contribution in [2.75, 3.05) is 13.2 Å². The minimum Gasteiger partial charge on any atom is -0.490 e. The van der Waals surface area contributed by atoms with E-state index in [9.17, 15) is 5.26 Å². The van der Waals surface area contributed by atoms with Crippen molar-refractivity contribution in [2.24, 2.45) is 0 Å².